The molecule has 2 rings (SSSR count). The van der Waals surface area contributed by atoms with Gasteiger partial charge in [0.25, 0.3) is 0 Å². The maximum Gasteiger partial charge on any atom is 0.152 e. The predicted octanol–water partition coefficient (Wildman–Crippen LogP) is 3.19. The zero-order chi connectivity index (χ0) is 10.3. The van der Waals surface area contributed by atoms with Crippen LogP contribution in [0, 0.1) is 12.7 Å². The van der Waals surface area contributed by atoms with Crippen LogP contribution in [0.3, 0.4) is 0 Å². The fourth-order valence-electron chi connectivity index (χ4n) is 1.52. The van der Waals surface area contributed by atoms with Crippen LogP contribution >= 0.6 is 15.9 Å². The zero-order valence-electron chi connectivity index (χ0n) is 7.40. The third-order valence-electron chi connectivity index (χ3n) is 2.21. The molecule has 0 aliphatic rings. The molecule has 0 saturated carbocycles. The molecule has 1 heterocycles. The zero-order valence-corrected chi connectivity index (χ0v) is 8.98. The van der Waals surface area contributed by atoms with E-state index in [1.54, 1.807) is 19.1 Å². The van der Waals surface area contributed by atoms with E-state index in [0.717, 1.165) is 0 Å². The van der Waals surface area contributed by atoms with Gasteiger partial charge in [-0.05, 0) is 35.0 Å². The molecule has 0 saturated heterocycles. The number of H-pyrrole nitrogens is 1. The van der Waals surface area contributed by atoms with E-state index in [9.17, 15) is 9.18 Å². The van der Waals surface area contributed by atoms with Crippen molar-refractivity contribution in [1.29, 1.82) is 0 Å². The molecule has 72 valence electrons. The van der Waals surface area contributed by atoms with Gasteiger partial charge in [-0.3, -0.25) is 4.79 Å². The number of hydrogen-bond donors (Lipinski definition) is 1. The van der Waals surface area contributed by atoms with Crippen LogP contribution < -0.4 is 0 Å². The van der Waals surface area contributed by atoms with Gasteiger partial charge in [0, 0.05) is 22.2 Å². The van der Waals surface area contributed by atoms with Crippen molar-refractivity contribution in [2.45, 2.75) is 6.92 Å². The maximum absolute atomic E-state index is 13.6. The van der Waals surface area contributed by atoms with Crippen molar-refractivity contribution in [1.82, 2.24) is 4.98 Å². The highest BCUT2D eigenvalue weighted by atomic mass is 79.9. The molecule has 0 spiro atoms. The van der Waals surface area contributed by atoms with E-state index in [0.29, 0.717) is 32.9 Å². The van der Waals surface area contributed by atoms with Gasteiger partial charge < -0.3 is 4.98 Å². The van der Waals surface area contributed by atoms with Gasteiger partial charge >= 0.3 is 0 Å². The summed E-state index contributed by atoms with van der Waals surface area (Å²) in [5.74, 6) is -0.394. The summed E-state index contributed by atoms with van der Waals surface area (Å²) >= 11 is 3.08. The van der Waals surface area contributed by atoms with E-state index in [1.165, 1.54) is 0 Å². The topological polar surface area (TPSA) is 32.9 Å². The Morgan fingerprint density at radius 2 is 2.21 bits per heavy atom. The number of carbonyl (C=O) groups is 1. The molecule has 0 aliphatic carbocycles. The van der Waals surface area contributed by atoms with Crippen LogP contribution in [0.5, 0.6) is 0 Å². The van der Waals surface area contributed by atoms with Crippen molar-refractivity contribution in [3.05, 3.63) is 33.7 Å². The minimum atomic E-state index is -0.394. The maximum atomic E-state index is 13.6. The quantitative estimate of drug-likeness (QED) is 0.781. The molecular formula is C10H7BrFNO. The number of halogens is 2. The van der Waals surface area contributed by atoms with Crippen LogP contribution in [-0.4, -0.2) is 11.3 Å². The van der Waals surface area contributed by atoms with Gasteiger partial charge in [0.05, 0.1) is 4.47 Å². The molecule has 0 fully saturated rings. The second-order valence-electron chi connectivity index (χ2n) is 3.07. The van der Waals surface area contributed by atoms with Gasteiger partial charge in [-0.15, -0.1) is 0 Å². The lowest BCUT2D eigenvalue weighted by molar-refractivity contribution is 0.112. The Labute approximate surface area is 88.2 Å². The van der Waals surface area contributed by atoms with E-state index < -0.39 is 5.82 Å². The van der Waals surface area contributed by atoms with E-state index in [-0.39, 0.29) is 0 Å². The first-order valence-electron chi connectivity index (χ1n) is 4.06. The molecule has 1 aromatic carbocycles. The molecule has 1 aromatic heterocycles. The van der Waals surface area contributed by atoms with E-state index >= 15 is 0 Å². The summed E-state index contributed by atoms with van der Waals surface area (Å²) < 4.78 is 14.0. The Bertz CT molecular complexity index is 518. The van der Waals surface area contributed by atoms with E-state index in [2.05, 4.69) is 20.9 Å². The second kappa shape index (κ2) is 3.20. The standard InChI is InChI=1S/C10H7BrFNO/c1-5-6(4-14)9-8(13-5)3-2-7(11)10(9)12/h2-4,13H,1H3. The van der Waals surface area contributed by atoms with Crippen molar-refractivity contribution in [2.24, 2.45) is 0 Å². The summed E-state index contributed by atoms with van der Waals surface area (Å²) in [6.45, 7) is 1.75. The molecule has 0 bridgehead atoms. The van der Waals surface area contributed by atoms with E-state index in [4.69, 9.17) is 0 Å². The predicted molar refractivity (Wildman–Crippen MR) is 56.1 cm³/mol. The number of aldehydes is 1. The van der Waals surface area contributed by atoms with Gasteiger partial charge in [0.1, 0.15) is 5.82 Å². The third kappa shape index (κ3) is 1.18. The first-order valence-corrected chi connectivity index (χ1v) is 4.86. The number of nitrogens with one attached hydrogen (secondary N) is 1. The van der Waals surface area contributed by atoms with Crippen LogP contribution in [0.25, 0.3) is 10.9 Å². The Kier molecular flexibility index (Phi) is 2.15. The van der Waals surface area contributed by atoms with Crippen molar-refractivity contribution < 1.29 is 9.18 Å². The minimum absolute atomic E-state index is 0.354. The Morgan fingerprint density at radius 1 is 1.50 bits per heavy atom. The van der Waals surface area contributed by atoms with Gasteiger partial charge in [-0.25, -0.2) is 4.39 Å². The molecule has 0 radical (unpaired) electrons. The molecule has 4 heteroatoms. The lowest BCUT2D eigenvalue weighted by Gasteiger charge is -1.96. The summed E-state index contributed by atoms with van der Waals surface area (Å²) in [6.07, 6.45) is 0.670. The number of aromatic amines is 1. The van der Waals surface area contributed by atoms with Crippen LogP contribution in [0.1, 0.15) is 16.1 Å². The lowest BCUT2D eigenvalue weighted by atomic mass is 10.1. The second-order valence-corrected chi connectivity index (χ2v) is 3.92. The van der Waals surface area contributed by atoms with Crippen LogP contribution in [-0.2, 0) is 0 Å². The number of benzene rings is 1. The highest BCUT2D eigenvalue weighted by molar-refractivity contribution is 9.10. The van der Waals surface area contributed by atoms with Gasteiger partial charge in [0.15, 0.2) is 6.29 Å². The van der Waals surface area contributed by atoms with Crippen LogP contribution in [0.2, 0.25) is 0 Å². The van der Waals surface area contributed by atoms with Crippen molar-refractivity contribution in [2.75, 3.05) is 0 Å². The van der Waals surface area contributed by atoms with Gasteiger partial charge in [0.2, 0.25) is 0 Å². The number of aromatic nitrogens is 1. The Hall–Kier alpha value is -1.16. The molecule has 0 atom stereocenters. The normalized spacial score (nSPS) is 10.8. The molecule has 14 heavy (non-hydrogen) atoms. The van der Waals surface area contributed by atoms with Gasteiger partial charge in [-0.1, -0.05) is 0 Å². The monoisotopic (exact) mass is 255 g/mol. The highest BCUT2D eigenvalue weighted by Crippen LogP contribution is 2.28. The van der Waals surface area contributed by atoms with Gasteiger partial charge in [-0.2, -0.15) is 0 Å². The summed E-state index contributed by atoms with van der Waals surface area (Å²) in [4.78, 5) is 13.7. The molecule has 0 amide bonds. The third-order valence-corrected chi connectivity index (χ3v) is 2.82. The van der Waals surface area contributed by atoms with Crippen molar-refractivity contribution in [3.63, 3.8) is 0 Å². The average molecular weight is 256 g/mol. The smallest absolute Gasteiger partial charge is 0.152 e. The first kappa shape index (κ1) is 9.40. The summed E-state index contributed by atoms with van der Waals surface area (Å²) in [6, 6.07) is 3.35. The molecule has 1 N–H and O–H groups in total. The molecule has 2 nitrogen and oxygen atoms in total. The number of aryl methyl sites for hydroxylation is 1. The van der Waals surface area contributed by atoms with Crippen LogP contribution in [0.15, 0.2) is 16.6 Å². The lowest BCUT2D eigenvalue weighted by Crippen LogP contribution is -1.84. The van der Waals surface area contributed by atoms with E-state index in [1.807, 2.05) is 0 Å². The fraction of sp³-hybridized carbons (Fsp3) is 0.100. The summed E-state index contributed by atoms with van der Waals surface area (Å²) in [7, 11) is 0. The summed E-state index contributed by atoms with van der Waals surface area (Å²) in [5, 5.41) is 0.354. The number of carbonyl (C=O) groups excluding carboxylic acids is 1. The van der Waals surface area contributed by atoms with Crippen LogP contribution in [0.4, 0.5) is 4.39 Å². The van der Waals surface area contributed by atoms with Crippen molar-refractivity contribution >= 4 is 33.1 Å². The largest absolute Gasteiger partial charge is 0.358 e. The number of hydrogen-bond acceptors (Lipinski definition) is 1. The first-order chi connectivity index (χ1) is 6.65. The average Bonchev–Trinajstić information content (AvgIpc) is 2.48. The summed E-state index contributed by atoms with van der Waals surface area (Å²) in [5.41, 5.74) is 1.72. The Morgan fingerprint density at radius 3 is 2.86 bits per heavy atom. The fourth-order valence-corrected chi connectivity index (χ4v) is 1.85. The van der Waals surface area contributed by atoms with Crippen molar-refractivity contribution in [3.8, 4) is 0 Å². The SMILES string of the molecule is Cc1[nH]c2ccc(Br)c(F)c2c1C=O. The molecule has 0 aliphatic heterocycles. The number of rotatable bonds is 1. The molecular weight excluding hydrogens is 249 g/mol. The Balaban J connectivity index is 2.97. The highest BCUT2D eigenvalue weighted by Gasteiger charge is 2.13. The molecule has 2 aromatic rings. The number of fused-ring (bicyclic) bond motifs is 1. The minimum Gasteiger partial charge on any atom is -0.358 e. The molecule has 0 unspecified atom stereocenters.